The van der Waals surface area contributed by atoms with Gasteiger partial charge in [0.2, 0.25) is 0 Å². The third-order valence-electron chi connectivity index (χ3n) is 6.98. The molecule has 3 aromatic carbocycles. The summed E-state index contributed by atoms with van der Waals surface area (Å²) in [5.74, 6) is -2.84. The number of carbonyl (C=O) groups excluding carboxylic acids is 1. The molecule has 8 nitrogen and oxygen atoms in total. The summed E-state index contributed by atoms with van der Waals surface area (Å²) in [6, 6.07) is 19.2. The molecular formula is C32H33F2N2NaO6S. The predicted octanol–water partition coefficient (Wildman–Crippen LogP) is 1.67. The van der Waals surface area contributed by atoms with Crippen LogP contribution in [0.1, 0.15) is 44.7 Å². The molecule has 0 fully saturated rings. The number of aliphatic hydroxyl groups excluding tert-OH is 2. The van der Waals surface area contributed by atoms with Gasteiger partial charge in [-0.15, -0.1) is 0 Å². The molecule has 228 valence electrons. The molecule has 1 aromatic heterocycles. The third kappa shape index (κ3) is 8.56. The first-order valence-corrected chi connectivity index (χ1v) is 15.3. The number of para-hydroxylation sites is 1. The van der Waals surface area contributed by atoms with Crippen molar-refractivity contribution in [3.63, 3.8) is 0 Å². The van der Waals surface area contributed by atoms with Gasteiger partial charge in [0, 0.05) is 35.9 Å². The second-order valence-corrected chi connectivity index (χ2v) is 12.3. The predicted molar refractivity (Wildman–Crippen MR) is 157 cm³/mol. The van der Waals surface area contributed by atoms with Crippen molar-refractivity contribution >= 4 is 21.7 Å². The molecule has 3 N–H and O–H groups in total. The fourth-order valence-corrected chi connectivity index (χ4v) is 6.84. The first-order chi connectivity index (χ1) is 20.4. The molecule has 0 aliphatic rings. The van der Waals surface area contributed by atoms with Crippen LogP contribution < -0.4 is 39.4 Å². The molecule has 0 aliphatic heterocycles. The molecule has 0 amide bonds. The normalized spacial score (nSPS) is 12.9. The monoisotopic (exact) mass is 634 g/mol. The van der Waals surface area contributed by atoms with Crippen molar-refractivity contribution in [3.05, 3.63) is 96.2 Å². The number of hydrogen-bond donors (Lipinski definition) is 3. The summed E-state index contributed by atoms with van der Waals surface area (Å²) >= 11 is 0. The van der Waals surface area contributed by atoms with Crippen LogP contribution in [-0.2, 0) is 21.4 Å². The van der Waals surface area contributed by atoms with E-state index in [4.69, 9.17) is 0 Å². The van der Waals surface area contributed by atoms with Gasteiger partial charge in [-0.25, -0.2) is 17.2 Å². The van der Waals surface area contributed by atoms with Gasteiger partial charge in [-0.2, -0.15) is 0 Å². The van der Waals surface area contributed by atoms with Crippen molar-refractivity contribution in [2.45, 2.75) is 62.7 Å². The summed E-state index contributed by atoms with van der Waals surface area (Å²) in [5, 5.41) is 31.6. The quantitative estimate of drug-likeness (QED) is 0.192. The number of carboxylic acids is 1. The molecule has 1 heterocycles. The summed E-state index contributed by atoms with van der Waals surface area (Å²) < 4.78 is 60.9. The minimum atomic E-state index is -4.28. The Hall–Kier alpha value is -3.06. The number of nitrogens with zero attached hydrogens (tertiary/aromatic N) is 1. The van der Waals surface area contributed by atoms with E-state index in [0.717, 1.165) is 0 Å². The number of halogens is 2. The van der Waals surface area contributed by atoms with Crippen molar-refractivity contribution in [3.8, 4) is 22.4 Å². The maximum absolute atomic E-state index is 14.2. The van der Waals surface area contributed by atoms with Crippen LogP contribution in [0.25, 0.3) is 22.4 Å². The second-order valence-electron chi connectivity index (χ2n) is 10.6. The van der Waals surface area contributed by atoms with Crippen molar-refractivity contribution in [2.75, 3.05) is 4.72 Å². The summed E-state index contributed by atoms with van der Waals surface area (Å²) in [7, 11) is -4.28. The van der Waals surface area contributed by atoms with E-state index in [-0.39, 0.29) is 65.3 Å². The maximum Gasteiger partial charge on any atom is 1.00 e. The number of sulfonamides is 1. The van der Waals surface area contributed by atoms with Gasteiger partial charge < -0.3 is 24.7 Å². The van der Waals surface area contributed by atoms with Gasteiger partial charge >= 0.3 is 29.6 Å². The van der Waals surface area contributed by atoms with Crippen molar-refractivity contribution in [2.24, 2.45) is 0 Å². The first kappa shape index (κ1) is 35.4. The average Bonchev–Trinajstić information content (AvgIpc) is 3.29. The molecule has 4 aromatic rings. The van der Waals surface area contributed by atoms with Crippen LogP contribution in [0.5, 0.6) is 0 Å². The van der Waals surface area contributed by atoms with Gasteiger partial charge in [0.05, 0.1) is 17.9 Å². The fourth-order valence-electron chi connectivity index (χ4n) is 5.18. The van der Waals surface area contributed by atoms with Crippen molar-refractivity contribution in [1.82, 2.24) is 4.57 Å². The van der Waals surface area contributed by atoms with E-state index in [9.17, 15) is 37.3 Å². The minimum Gasteiger partial charge on any atom is -0.550 e. The van der Waals surface area contributed by atoms with E-state index in [1.54, 1.807) is 34.9 Å². The van der Waals surface area contributed by atoms with E-state index in [2.05, 4.69) is 4.72 Å². The Morgan fingerprint density at radius 3 is 1.95 bits per heavy atom. The van der Waals surface area contributed by atoms with E-state index in [1.807, 2.05) is 13.8 Å². The van der Waals surface area contributed by atoms with Crippen LogP contribution in [-0.4, -0.2) is 41.4 Å². The number of benzene rings is 3. The molecule has 44 heavy (non-hydrogen) atoms. The zero-order chi connectivity index (χ0) is 31.3. The Kier molecular flexibility index (Phi) is 12.3. The minimum absolute atomic E-state index is 0. The summed E-state index contributed by atoms with van der Waals surface area (Å²) in [6.45, 7) is 3.70. The molecular weight excluding hydrogens is 601 g/mol. The van der Waals surface area contributed by atoms with Crippen LogP contribution in [0.2, 0.25) is 0 Å². The molecule has 0 spiro atoms. The van der Waals surface area contributed by atoms with E-state index in [1.165, 1.54) is 48.5 Å². The maximum atomic E-state index is 14.2. The van der Waals surface area contributed by atoms with Gasteiger partial charge in [0.15, 0.2) is 0 Å². The number of aliphatic hydroxyl groups is 2. The Morgan fingerprint density at radius 1 is 0.886 bits per heavy atom. The molecule has 0 aliphatic carbocycles. The van der Waals surface area contributed by atoms with E-state index in [0.29, 0.717) is 28.2 Å². The number of rotatable bonds is 13. The molecule has 0 bridgehead atoms. The van der Waals surface area contributed by atoms with Gasteiger partial charge in [-0.05, 0) is 78.4 Å². The number of aliphatic carboxylic acids is 1. The summed E-state index contributed by atoms with van der Waals surface area (Å²) in [6.07, 6.45) is -3.30. The molecule has 0 saturated heterocycles. The fraction of sp³-hybridized carbons (Fsp3) is 0.281. The Balaban J connectivity index is 0.00000529. The van der Waals surface area contributed by atoms with E-state index < -0.39 is 46.3 Å². The molecule has 12 heteroatoms. The van der Waals surface area contributed by atoms with Gasteiger partial charge in [-0.3, -0.25) is 4.72 Å². The van der Waals surface area contributed by atoms with Gasteiger partial charge in [0.25, 0.3) is 10.0 Å². The number of carbonyl (C=O) groups is 1. The Morgan fingerprint density at radius 2 is 1.43 bits per heavy atom. The number of hydrogen-bond acceptors (Lipinski definition) is 6. The van der Waals surface area contributed by atoms with Crippen molar-refractivity contribution in [1.29, 1.82) is 0 Å². The SMILES string of the molecule is CC(C)c1c(S(=O)(=O)Nc2ccccc2)c(-c2ccc(F)cc2)c(-c2ccc(F)cc2)n1CC[C@@H](O)C[C@@H](O)CC(=O)[O-].[Na+]. The van der Waals surface area contributed by atoms with Crippen LogP contribution in [0.15, 0.2) is 83.8 Å². The van der Waals surface area contributed by atoms with Crippen molar-refractivity contribution < 1.29 is 66.9 Å². The van der Waals surface area contributed by atoms with E-state index >= 15 is 0 Å². The van der Waals surface area contributed by atoms with Gasteiger partial charge in [0.1, 0.15) is 16.5 Å². The largest absolute Gasteiger partial charge is 1.00 e. The zero-order valence-corrected chi connectivity index (χ0v) is 27.5. The molecule has 0 unspecified atom stereocenters. The van der Waals surface area contributed by atoms with Crippen LogP contribution in [0.4, 0.5) is 14.5 Å². The topological polar surface area (TPSA) is 132 Å². The number of anilines is 1. The summed E-state index contributed by atoms with van der Waals surface area (Å²) in [4.78, 5) is 10.8. The molecule has 0 radical (unpaired) electrons. The number of aromatic nitrogens is 1. The first-order valence-electron chi connectivity index (χ1n) is 13.8. The Labute approximate surface area is 277 Å². The Bertz CT molecular complexity index is 1660. The molecule has 2 atom stereocenters. The third-order valence-corrected chi connectivity index (χ3v) is 8.44. The van der Waals surface area contributed by atoms with Gasteiger partial charge in [-0.1, -0.05) is 44.2 Å². The summed E-state index contributed by atoms with van der Waals surface area (Å²) in [5.41, 5.74) is 2.28. The number of nitrogens with one attached hydrogen (secondary N) is 1. The van der Waals surface area contributed by atoms with Crippen LogP contribution in [0, 0.1) is 11.6 Å². The van der Waals surface area contributed by atoms with Crippen LogP contribution >= 0.6 is 0 Å². The zero-order valence-electron chi connectivity index (χ0n) is 24.7. The standard InChI is InChI=1S/C32H34F2N2O6S.Na/c1-20(2)30-32(43(41,42)35-25-6-4-3-5-7-25)29(21-8-12-23(33)13-9-21)31(22-10-14-24(34)15-11-22)36(30)17-16-26(37)18-27(38)19-28(39)40;/h3-15,20,26-27,35,37-38H,16-19H2,1-2H3,(H,39,40);/q;+1/p-1/t26-,27-;/m1./s1. The molecule has 0 saturated carbocycles. The average molecular weight is 635 g/mol. The second kappa shape index (κ2) is 15.3. The van der Waals surface area contributed by atoms with Crippen LogP contribution in [0.3, 0.4) is 0 Å². The smallest absolute Gasteiger partial charge is 0.550 e. The number of carboxylic acid groups (broad SMARTS) is 1. The molecule has 4 rings (SSSR count).